The van der Waals surface area contributed by atoms with Crippen molar-refractivity contribution >= 4 is 28.7 Å². The molecule has 0 radical (unpaired) electrons. The van der Waals surface area contributed by atoms with E-state index in [1.165, 1.54) is 0 Å². The molecule has 4 rings (SSSR count). The number of nitrogens with zero attached hydrogens (tertiary/aromatic N) is 2. The number of alkyl halides is 1. The quantitative estimate of drug-likeness (QED) is 0.781. The highest BCUT2D eigenvalue weighted by atomic mass is 19.1. The minimum absolute atomic E-state index is 0.0868. The molecule has 2 fully saturated rings. The van der Waals surface area contributed by atoms with E-state index in [1.807, 2.05) is 35.0 Å². The molecule has 2 saturated heterocycles. The number of amides is 2. The molecule has 2 aliphatic rings. The first-order valence-corrected chi connectivity index (χ1v) is 9.45. The molecule has 2 aliphatic heterocycles. The first kappa shape index (κ1) is 18.6. The molecule has 0 saturated carbocycles. The number of nitrogens with one attached hydrogen (secondary N) is 1. The molecule has 3 heterocycles. The van der Waals surface area contributed by atoms with Crippen molar-refractivity contribution in [3.8, 4) is 0 Å². The van der Waals surface area contributed by atoms with Gasteiger partial charge >= 0.3 is 5.97 Å². The van der Waals surface area contributed by atoms with Gasteiger partial charge in [0, 0.05) is 36.6 Å². The van der Waals surface area contributed by atoms with Crippen LogP contribution in [-0.4, -0.2) is 58.2 Å². The van der Waals surface area contributed by atoms with E-state index in [0.29, 0.717) is 25.8 Å². The first-order chi connectivity index (χ1) is 13.4. The molecular weight excluding hydrogens is 365 g/mol. The summed E-state index contributed by atoms with van der Waals surface area (Å²) >= 11 is 0. The number of aliphatic carboxylic acids is 1. The molecule has 0 aliphatic carbocycles. The Morgan fingerprint density at radius 2 is 2.07 bits per heavy atom. The second-order valence-corrected chi connectivity index (χ2v) is 7.51. The van der Waals surface area contributed by atoms with Crippen LogP contribution in [0, 0.1) is 0 Å². The number of carboxylic acids is 1. The second-order valence-electron chi connectivity index (χ2n) is 7.51. The van der Waals surface area contributed by atoms with Crippen LogP contribution in [-0.2, 0) is 14.4 Å². The Balaban J connectivity index is 1.61. The fraction of sp³-hybridized carbons (Fsp3) is 0.450. The highest BCUT2D eigenvalue weighted by molar-refractivity contribution is 6.02. The summed E-state index contributed by atoms with van der Waals surface area (Å²) in [7, 11) is 0. The van der Waals surface area contributed by atoms with Gasteiger partial charge in [-0.15, -0.1) is 0 Å². The number of likely N-dealkylation sites (tertiary alicyclic amines) is 1. The van der Waals surface area contributed by atoms with Crippen LogP contribution in [0.25, 0.3) is 10.9 Å². The highest BCUT2D eigenvalue weighted by Gasteiger charge is 2.33. The Morgan fingerprint density at radius 3 is 2.79 bits per heavy atom. The van der Waals surface area contributed by atoms with Gasteiger partial charge in [-0.3, -0.25) is 24.6 Å². The average Bonchev–Trinajstić information content (AvgIpc) is 3.05. The van der Waals surface area contributed by atoms with Crippen LogP contribution in [0.2, 0.25) is 0 Å². The van der Waals surface area contributed by atoms with Crippen LogP contribution in [0.3, 0.4) is 0 Å². The predicted octanol–water partition coefficient (Wildman–Crippen LogP) is 1.83. The number of aromatic nitrogens is 1. The number of hydrogen-bond donors (Lipinski definition) is 2. The normalized spacial score (nSPS) is 26.4. The van der Waals surface area contributed by atoms with E-state index in [0.717, 1.165) is 16.5 Å². The van der Waals surface area contributed by atoms with Gasteiger partial charge in [0.1, 0.15) is 6.17 Å². The standard InChI is InChI=1S/C20H22FN3O4/c21-15-10-23(11-19(26)27)8-7-17(15)24-9-6-13-12(2-1-3-16(13)24)14-4-5-18(25)22-20(14)28/h1-3,6,9,14-15,17H,4-5,7-8,10-11H2,(H,26,27)(H,22,25,28)/t14-,15+,17-/m1/s1. The molecule has 0 bridgehead atoms. The smallest absolute Gasteiger partial charge is 0.317 e. The Kier molecular flexibility index (Phi) is 4.89. The predicted molar refractivity (Wildman–Crippen MR) is 99.7 cm³/mol. The number of benzene rings is 1. The van der Waals surface area contributed by atoms with Crippen LogP contribution in [0.15, 0.2) is 30.5 Å². The number of carbonyl (C=O) groups excluding carboxylic acids is 2. The lowest BCUT2D eigenvalue weighted by molar-refractivity contribution is -0.139. The molecule has 2 N–H and O–H groups in total. The average molecular weight is 387 g/mol. The van der Waals surface area contributed by atoms with Crippen molar-refractivity contribution in [2.24, 2.45) is 0 Å². The molecule has 7 nitrogen and oxygen atoms in total. The zero-order valence-corrected chi connectivity index (χ0v) is 15.3. The topological polar surface area (TPSA) is 91.6 Å². The summed E-state index contributed by atoms with van der Waals surface area (Å²) in [6, 6.07) is 7.16. The van der Waals surface area contributed by atoms with Crippen molar-refractivity contribution in [2.75, 3.05) is 19.6 Å². The molecule has 28 heavy (non-hydrogen) atoms. The Bertz CT molecular complexity index is 941. The number of imide groups is 1. The SMILES string of the molecule is O=C(O)CN1CC[C@@H](n2ccc3c([C@H]4CCC(=O)NC4=O)cccc32)[C@@H](F)C1. The van der Waals surface area contributed by atoms with Gasteiger partial charge in [0.25, 0.3) is 0 Å². The maximum absolute atomic E-state index is 14.8. The number of carboxylic acid groups (broad SMARTS) is 1. The highest BCUT2D eigenvalue weighted by Crippen LogP contribution is 2.35. The maximum Gasteiger partial charge on any atom is 0.317 e. The minimum atomic E-state index is -1.18. The third kappa shape index (κ3) is 3.40. The summed E-state index contributed by atoms with van der Waals surface area (Å²) in [6.45, 7) is 0.451. The minimum Gasteiger partial charge on any atom is -0.480 e. The molecule has 148 valence electrons. The Labute approximate surface area is 161 Å². The van der Waals surface area contributed by atoms with E-state index in [1.54, 1.807) is 4.90 Å². The van der Waals surface area contributed by atoms with Crippen LogP contribution in [0.5, 0.6) is 0 Å². The summed E-state index contributed by atoms with van der Waals surface area (Å²) in [5.41, 5.74) is 1.70. The molecule has 1 aromatic carbocycles. The summed E-state index contributed by atoms with van der Waals surface area (Å²) in [5.74, 6) is -1.89. The molecule has 0 unspecified atom stereocenters. The number of halogens is 1. The van der Waals surface area contributed by atoms with Crippen LogP contribution >= 0.6 is 0 Å². The molecule has 2 aromatic rings. The third-order valence-electron chi connectivity index (χ3n) is 5.72. The van der Waals surface area contributed by atoms with Crippen molar-refractivity contribution in [3.05, 3.63) is 36.0 Å². The van der Waals surface area contributed by atoms with E-state index in [2.05, 4.69) is 5.32 Å². The molecule has 2 amide bonds. The van der Waals surface area contributed by atoms with Gasteiger partial charge in [-0.1, -0.05) is 12.1 Å². The summed E-state index contributed by atoms with van der Waals surface area (Å²) in [6.07, 6.45) is 1.95. The molecule has 3 atom stereocenters. The van der Waals surface area contributed by atoms with Crippen molar-refractivity contribution in [1.82, 2.24) is 14.8 Å². The van der Waals surface area contributed by atoms with Crippen molar-refractivity contribution in [3.63, 3.8) is 0 Å². The van der Waals surface area contributed by atoms with Crippen molar-refractivity contribution in [1.29, 1.82) is 0 Å². The van der Waals surface area contributed by atoms with E-state index >= 15 is 0 Å². The van der Waals surface area contributed by atoms with Crippen LogP contribution < -0.4 is 5.32 Å². The van der Waals surface area contributed by atoms with E-state index < -0.39 is 18.1 Å². The van der Waals surface area contributed by atoms with E-state index in [4.69, 9.17) is 5.11 Å². The van der Waals surface area contributed by atoms with Gasteiger partial charge in [0.05, 0.1) is 18.5 Å². The van der Waals surface area contributed by atoms with Crippen LogP contribution in [0.1, 0.15) is 36.8 Å². The monoisotopic (exact) mass is 387 g/mol. The lowest BCUT2D eigenvalue weighted by Crippen LogP contribution is -2.44. The number of carbonyl (C=O) groups is 3. The van der Waals surface area contributed by atoms with Gasteiger partial charge in [0.2, 0.25) is 11.8 Å². The largest absolute Gasteiger partial charge is 0.480 e. The lowest BCUT2D eigenvalue weighted by atomic mass is 9.88. The third-order valence-corrected chi connectivity index (χ3v) is 5.72. The van der Waals surface area contributed by atoms with Crippen molar-refractivity contribution in [2.45, 2.75) is 37.4 Å². The van der Waals surface area contributed by atoms with Gasteiger partial charge in [-0.25, -0.2) is 4.39 Å². The summed E-state index contributed by atoms with van der Waals surface area (Å²) in [4.78, 5) is 36.2. The van der Waals surface area contributed by atoms with Gasteiger partial charge in [0.15, 0.2) is 0 Å². The fourth-order valence-electron chi connectivity index (χ4n) is 4.40. The van der Waals surface area contributed by atoms with Gasteiger partial charge in [-0.2, -0.15) is 0 Å². The summed E-state index contributed by atoms with van der Waals surface area (Å²) in [5, 5.41) is 12.2. The maximum atomic E-state index is 14.8. The molecule has 8 heteroatoms. The zero-order chi connectivity index (χ0) is 19.8. The van der Waals surface area contributed by atoms with Crippen LogP contribution in [0.4, 0.5) is 4.39 Å². The molecule has 0 spiro atoms. The van der Waals surface area contributed by atoms with E-state index in [9.17, 15) is 18.8 Å². The number of piperidine rings is 2. The van der Waals surface area contributed by atoms with E-state index in [-0.39, 0.29) is 30.9 Å². The Hall–Kier alpha value is -2.74. The Morgan fingerprint density at radius 1 is 1.25 bits per heavy atom. The summed E-state index contributed by atoms with van der Waals surface area (Å²) < 4.78 is 16.7. The first-order valence-electron chi connectivity index (χ1n) is 9.45. The number of fused-ring (bicyclic) bond motifs is 1. The molecular formula is C20H22FN3O4. The number of rotatable bonds is 4. The fourth-order valence-corrected chi connectivity index (χ4v) is 4.40. The van der Waals surface area contributed by atoms with Gasteiger partial charge in [-0.05, 0) is 30.5 Å². The molecule has 1 aromatic heterocycles. The number of hydrogen-bond acceptors (Lipinski definition) is 4. The van der Waals surface area contributed by atoms with Gasteiger partial charge < -0.3 is 9.67 Å². The van der Waals surface area contributed by atoms with Crippen molar-refractivity contribution < 1.29 is 23.9 Å². The lowest BCUT2D eigenvalue weighted by Gasteiger charge is -2.35. The second kappa shape index (κ2) is 7.35. The zero-order valence-electron chi connectivity index (χ0n) is 15.3.